The lowest BCUT2D eigenvalue weighted by molar-refractivity contribution is -0.335. The molecule has 1 amide bonds. The van der Waals surface area contributed by atoms with Gasteiger partial charge >= 0.3 is 12.4 Å². The summed E-state index contributed by atoms with van der Waals surface area (Å²) in [6.07, 6.45) is -13.1. The van der Waals surface area contributed by atoms with Crippen molar-refractivity contribution in [2.45, 2.75) is 24.9 Å². The Kier molecular flexibility index (Phi) is 4.13. The first-order valence-corrected chi connectivity index (χ1v) is 6.33. The lowest BCUT2D eigenvalue weighted by Crippen LogP contribution is -2.54. The van der Waals surface area contributed by atoms with Crippen molar-refractivity contribution >= 4 is 5.91 Å². The second-order valence-electron chi connectivity index (χ2n) is 5.15. The van der Waals surface area contributed by atoms with E-state index in [-0.39, 0.29) is 13.2 Å². The van der Waals surface area contributed by atoms with E-state index in [4.69, 9.17) is 4.74 Å². The Morgan fingerprint density at radius 3 is 2.24 bits per heavy atom. The second kappa shape index (κ2) is 5.31. The summed E-state index contributed by atoms with van der Waals surface area (Å²) >= 11 is 0. The van der Waals surface area contributed by atoms with Gasteiger partial charge in [-0.05, 0) is 6.42 Å². The molecule has 0 bridgehead atoms. The van der Waals surface area contributed by atoms with Crippen molar-refractivity contribution in [2.75, 3.05) is 32.8 Å². The average Bonchev–Trinajstić information content (AvgIpc) is 2.84. The maximum Gasteiger partial charge on any atom is 0.404 e. The van der Waals surface area contributed by atoms with Crippen LogP contribution in [0, 0.1) is 5.41 Å². The molecule has 0 aromatic carbocycles. The molecule has 0 saturated carbocycles. The highest BCUT2D eigenvalue weighted by molar-refractivity contribution is 5.81. The number of alkyl halides is 6. The third-order valence-electron chi connectivity index (χ3n) is 3.87. The number of carbonyl (C=O) groups excluding carboxylic acids is 1. The normalized spacial score (nSPS) is 27.0. The predicted octanol–water partition coefficient (Wildman–Crippen LogP) is 1.32. The van der Waals surface area contributed by atoms with Crippen molar-refractivity contribution in [1.29, 1.82) is 0 Å². The summed E-state index contributed by atoms with van der Waals surface area (Å²) in [5.41, 5.74) is -3.85. The largest absolute Gasteiger partial charge is 0.404 e. The lowest BCUT2D eigenvalue weighted by Gasteiger charge is -2.34. The van der Waals surface area contributed by atoms with Crippen molar-refractivity contribution in [3.63, 3.8) is 0 Å². The van der Waals surface area contributed by atoms with Crippen LogP contribution in [0.4, 0.5) is 26.3 Å². The monoisotopic (exact) mass is 320 g/mol. The van der Waals surface area contributed by atoms with E-state index < -0.39 is 49.3 Å². The number of ether oxygens (including phenoxy) is 1. The molecule has 4 nitrogen and oxygen atoms in total. The van der Waals surface area contributed by atoms with Gasteiger partial charge in [-0.2, -0.15) is 26.3 Å². The molecule has 1 unspecified atom stereocenters. The zero-order chi connectivity index (χ0) is 15.9. The Bertz CT molecular complexity index is 388. The second-order valence-corrected chi connectivity index (χ2v) is 5.15. The van der Waals surface area contributed by atoms with Crippen LogP contribution < -0.4 is 5.32 Å². The molecular formula is C11H14F6N2O2. The van der Waals surface area contributed by atoms with Crippen LogP contribution in [0.2, 0.25) is 0 Å². The summed E-state index contributed by atoms with van der Waals surface area (Å²) in [6, 6.07) is 0. The first-order chi connectivity index (χ1) is 9.58. The third kappa shape index (κ3) is 2.83. The first kappa shape index (κ1) is 16.3. The van der Waals surface area contributed by atoms with Crippen molar-refractivity contribution in [2.24, 2.45) is 5.41 Å². The van der Waals surface area contributed by atoms with E-state index in [0.29, 0.717) is 11.4 Å². The fourth-order valence-corrected chi connectivity index (χ4v) is 2.55. The summed E-state index contributed by atoms with van der Waals surface area (Å²) in [5, 5.41) is 2.80. The summed E-state index contributed by atoms with van der Waals surface area (Å²) in [7, 11) is 0. The zero-order valence-corrected chi connectivity index (χ0v) is 10.9. The number of nitrogens with zero attached hydrogens (tertiary/aromatic N) is 1. The Hall–Kier alpha value is -1.03. The van der Waals surface area contributed by atoms with Crippen molar-refractivity contribution < 1.29 is 35.9 Å². The van der Waals surface area contributed by atoms with Crippen LogP contribution in [-0.4, -0.2) is 62.0 Å². The molecule has 2 aliphatic rings. The minimum atomic E-state index is -5.45. The highest BCUT2D eigenvalue weighted by Crippen LogP contribution is 2.55. The minimum absolute atomic E-state index is 0.0837. The van der Waals surface area contributed by atoms with E-state index in [1.807, 2.05) is 0 Å². The molecule has 2 fully saturated rings. The maximum atomic E-state index is 12.9. The highest BCUT2D eigenvalue weighted by Gasteiger charge is 2.73. The number of hydrogen-bond donors (Lipinski definition) is 1. The quantitative estimate of drug-likeness (QED) is 0.741. The summed E-state index contributed by atoms with van der Waals surface area (Å²) in [5.74, 6) is -0.836. The van der Waals surface area contributed by atoms with Gasteiger partial charge in [-0.1, -0.05) is 0 Å². The van der Waals surface area contributed by atoms with Gasteiger partial charge in [-0.15, -0.1) is 0 Å². The molecule has 21 heavy (non-hydrogen) atoms. The number of rotatable bonds is 1. The van der Waals surface area contributed by atoms with E-state index >= 15 is 0 Å². The number of likely N-dealkylation sites (tertiary alicyclic amines) is 1. The van der Waals surface area contributed by atoms with Gasteiger partial charge in [0.15, 0.2) is 5.41 Å². The topological polar surface area (TPSA) is 41.6 Å². The summed E-state index contributed by atoms with van der Waals surface area (Å²) < 4.78 is 82.4. The zero-order valence-electron chi connectivity index (χ0n) is 10.9. The van der Waals surface area contributed by atoms with Gasteiger partial charge in [0.2, 0.25) is 0 Å². The van der Waals surface area contributed by atoms with E-state index in [0.717, 1.165) is 0 Å². The number of hydrogen-bond acceptors (Lipinski definition) is 3. The highest BCUT2D eigenvalue weighted by atomic mass is 19.4. The number of carbonyl (C=O) groups is 1. The number of morpholine rings is 1. The molecule has 1 atom stereocenters. The standard InChI is InChI=1S/C11H14F6N2O2/c12-10(13,14)9(11(15,16)17)1-3-19(6-9)8(20)7-5-18-2-4-21-7/h7,18H,1-6H2. The van der Waals surface area contributed by atoms with Gasteiger partial charge < -0.3 is 15.0 Å². The van der Waals surface area contributed by atoms with Crippen LogP contribution in [-0.2, 0) is 9.53 Å². The maximum absolute atomic E-state index is 12.9. The van der Waals surface area contributed by atoms with Crippen LogP contribution in [0.15, 0.2) is 0 Å². The molecule has 2 heterocycles. The van der Waals surface area contributed by atoms with Gasteiger partial charge in [-0.25, -0.2) is 0 Å². The minimum Gasteiger partial charge on any atom is -0.366 e. The van der Waals surface area contributed by atoms with Crippen molar-refractivity contribution in [1.82, 2.24) is 10.2 Å². The SMILES string of the molecule is O=C(C1CNCCO1)N1CCC(C(F)(F)F)(C(F)(F)F)C1. The van der Waals surface area contributed by atoms with E-state index in [1.54, 1.807) is 0 Å². The number of halogens is 6. The number of nitrogens with one attached hydrogen (secondary N) is 1. The summed E-state index contributed by atoms with van der Waals surface area (Å²) in [4.78, 5) is 12.6. The lowest BCUT2D eigenvalue weighted by atomic mass is 9.85. The van der Waals surface area contributed by atoms with Crippen molar-refractivity contribution in [3.05, 3.63) is 0 Å². The summed E-state index contributed by atoms with van der Waals surface area (Å²) in [6.45, 7) is -1.23. The van der Waals surface area contributed by atoms with Gasteiger partial charge in [0, 0.05) is 26.2 Å². The molecule has 122 valence electrons. The average molecular weight is 320 g/mol. The Balaban J connectivity index is 2.15. The van der Waals surface area contributed by atoms with Gasteiger partial charge in [0.1, 0.15) is 6.10 Å². The first-order valence-electron chi connectivity index (χ1n) is 6.33. The van der Waals surface area contributed by atoms with Crippen LogP contribution in [0.5, 0.6) is 0 Å². The smallest absolute Gasteiger partial charge is 0.366 e. The third-order valence-corrected chi connectivity index (χ3v) is 3.87. The van der Waals surface area contributed by atoms with E-state index in [2.05, 4.69) is 5.32 Å². The molecule has 0 spiro atoms. The molecular weight excluding hydrogens is 306 g/mol. The molecule has 0 radical (unpaired) electrons. The Morgan fingerprint density at radius 2 is 1.81 bits per heavy atom. The van der Waals surface area contributed by atoms with E-state index in [9.17, 15) is 31.1 Å². The van der Waals surface area contributed by atoms with Crippen LogP contribution in [0.3, 0.4) is 0 Å². The van der Waals surface area contributed by atoms with E-state index in [1.165, 1.54) is 0 Å². The fraction of sp³-hybridized carbons (Fsp3) is 0.909. The molecule has 1 N–H and O–H groups in total. The van der Waals surface area contributed by atoms with Crippen molar-refractivity contribution in [3.8, 4) is 0 Å². The molecule has 0 aromatic heterocycles. The molecule has 2 aliphatic heterocycles. The van der Waals surface area contributed by atoms with Crippen LogP contribution in [0.25, 0.3) is 0 Å². The fourth-order valence-electron chi connectivity index (χ4n) is 2.55. The van der Waals surface area contributed by atoms with Crippen LogP contribution >= 0.6 is 0 Å². The molecule has 0 aliphatic carbocycles. The molecule has 10 heteroatoms. The Labute approximate surface area is 116 Å². The van der Waals surface area contributed by atoms with Crippen LogP contribution in [0.1, 0.15) is 6.42 Å². The van der Waals surface area contributed by atoms with Gasteiger partial charge in [0.05, 0.1) is 6.61 Å². The van der Waals surface area contributed by atoms with Gasteiger partial charge in [-0.3, -0.25) is 4.79 Å². The molecule has 2 rings (SSSR count). The Morgan fingerprint density at radius 1 is 1.19 bits per heavy atom. The number of amides is 1. The predicted molar refractivity (Wildman–Crippen MR) is 58.3 cm³/mol. The van der Waals surface area contributed by atoms with Gasteiger partial charge in [0.25, 0.3) is 5.91 Å². The molecule has 0 aromatic rings. The molecule has 2 saturated heterocycles.